The summed E-state index contributed by atoms with van der Waals surface area (Å²) in [6, 6.07) is 8.38. The maximum absolute atomic E-state index is 12.0. The van der Waals surface area contributed by atoms with Crippen molar-refractivity contribution in [2.24, 2.45) is 5.73 Å². The standard InChI is InChI=1S/C26H32N4O6S/c1-16-20(25(27)32)13-23(30(16)12-6-5-7-21(26(33)35-4)28-17(2)31)22-15-37-24(29-22)14-36-19-10-8-18(34-3)9-11-19/h8-11,13,15,21H,5-7,12,14H2,1-4H3,(H2,27,32)(H,28,31). The molecule has 10 nitrogen and oxygen atoms in total. The molecule has 0 radical (unpaired) electrons. The number of carbonyl (C=O) groups excluding carboxylic acids is 3. The number of rotatable bonds is 13. The number of carbonyl (C=O) groups is 3. The first kappa shape index (κ1) is 27.7. The Morgan fingerprint density at radius 3 is 2.46 bits per heavy atom. The molecule has 0 spiro atoms. The lowest BCUT2D eigenvalue weighted by molar-refractivity contribution is -0.145. The predicted octanol–water partition coefficient (Wildman–Crippen LogP) is 3.45. The summed E-state index contributed by atoms with van der Waals surface area (Å²) >= 11 is 1.47. The molecule has 3 aromatic rings. The minimum atomic E-state index is -0.694. The quantitative estimate of drug-likeness (QED) is 0.256. The van der Waals surface area contributed by atoms with Gasteiger partial charge in [-0.25, -0.2) is 9.78 Å². The van der Waals surface area contributed by atoms with Crippen molar-refractivity contribution in [3.8, 4) is 22.9 Å². The maximum Gasteiger partial charge on any atom is 0.328 e. The molecule has 1 atom stereocenters. The van der Waals surface area contributed by atoms with Gasteiger partial charge in [0.1, 0.15) is 29.2 Å². The van der Waals surface area contributed by atoms with Gasteiger partial charge in [0, 0.05) is 24.5 Å². The molecular formula is C26H32N4O6S. The lowest BCUT2D eigenvalue weighted by atomic mass is 10.1. The molecule has 2 amide bonds. The Morgan fingerprint density at radius 1 is 1.14 bits per heavy atom. The van der Waals surface area contributed by atoms with Gasteiger partial charge in [0.15, 0.2) is 0 Å². The third-order valence-electron chi connectivity index (χ3n) is 5.86. The number of amides is 2. The van der Waals surface area contributed by atoms with Gasteiger partial charge in [0.25, 0.3) is 5.91 Å². The van der Waals surface area contributed by atoms with Crippen LogP contribution in [0.15, 0.2) is 35.7 Å². The Bertz CT molecular complexity index is 1230. The third kappa shape index (κ3) is 7.32. The van der Waals surface area contributed by atoms with E-state index in [4.69, 9.17) is 24.9 Å². The molecule has 198 valence electrons. The van der Waals surface area contributed by atoms with Crippen molar-refractivity contribution in [3.63, 3.8) is 0 Å². The second-order valence-corrected chi connectivity index (χ2v) is 9.35. The van der Waals surface area contributed by atoms with E-state index in [0.717, 1.165) is 27.8 Å². The van der Waals surface area contributed by atoms with Crippen molar-refractivity contribution in [2.75, 3.05) is 14.2 Å². The normalized spacial score (nSPS) is 11.6. The SMILES string of the molecule is COC(=O)C(CCCCn1c(-c2csc(COc3ccc(OC)cc3)n2)cc(C(N)=O)c1C)NC(C)=O. The highest BCUT2D eigenvalue weighted by Crippen LogP contribution is 2.28. The molecule has 0 saturated carbocycles. The van der Waals surface area contributed by atoms with E-state index in [1.807, 2.05) is 41.1 Å². The van der Waals surface area contributed by atoms with Crippen molar-refractivity contribution >= 4 is 29.1 Å². The van der Waals surface area contributed by atoms with Crippen molar-refractivity contribution in [1.29, 1.82) is 0 Å². The number of thiazole rings is 1. The van der Waals surface area contributed by atoms with Crippen molar-refractivity contribution in [1.82, 2.24) is 14.9 Å². The number of nitrogens with zero attached hydrogens (tertiary/aromatic N) is 2. The number of methoxy groups -OCH3 is 2. The number of primary amides is 1. The zero-order valence-electron chi connectivity index (χ0n) is 21.4. The van der Waals surface area contributed by atoms with E-state index in [1.54, 1.807) is 13.2 Å². The average molecular weight is 529 g/mol. The molecule has 3 rings (SSSR count). The maximum atomic E-state index is 12.0. The summed E-state index contributed by atoms with van der Waals surface area (Å²) in [5, 5.41) is 5.33. The van der Waals surface area contributed by atoms with Crippen molar-refractivity contribution in [3.05, 3.63) is 52.0 Å². The molecule has 1 unspecified atom stereocenters. The van der Waals surface area contributed by atoms with Crippen LogP contribution in [0.3, 0.4) is 0 Å². The predicted molar refractivity (Wildman–Crippen MR) is 140 cm³/mol. The molecule has 0 fully saturated rings. The molecule has 0 bridgehead atoms. The van der Waals surface area contributed by atoms with E-state index >= 15 is 0 Å². The van der Waals surface area contributed by atoms with Crippen LogP contribution >= 0.6 is 11.3 Å². The Kier molecular flexibility index (Phi) is 9.67. The number of esters is 1. The molecule has 2 aromatic heterocycles. The molecule has 0 aliphatic heterocycles. The summed E-state index contributed by atoms with van der Waals surface area (Å²) in [5.41, 5.74) is 8.30. The van der Waals surface area contributed by atoms with Crippen LogP contribution in [0.5, 0.6) is 11.5 Å². The van der Waals surface area contributed by atoms with Crippen molar-refractivity contribution < 1.29 is 28.6 Å². The topological polar surface area (TPSA) is 135 Å². The number of unbranched alkanes of at least 4 members (excludes halogenated alkanes) is 1. The number of ether oxygens (including phenoxy) is 3. The van der Waals surface area contributed by atoms with Crippen LogP contribution in [0.4, 0.5) is 0 Å². The Hall–Kier alpha value is -3.86. The molecule has 0 saturated heterocycles. The molecule has 2 heterocycles. The molecule has 37 heavy (non-hydrogen) atoms. The van der Waals surface area contributed by atoms with Gasteiger partial charge in [0.2, 0.25) is 5.91 Å². The van der Waals surface area contributed by atoms with Gasteiger partial charge >= 0.3 is 5.97 Å². The van der Waals surface area contributed by atoms with Crippen LogP contribution in [0.25, 0.3) is 11.4 Å². The first-order valence-electron chi connectivity index (χ1n) is 11.8. The fourth-order valence-corrected chi connectivity index (χ4v) is 4.66. The minimum absolute atomic E-state index is 0.291. The van der Waals surface area contributed by atoms with Gasteiger partial charge in [-0.3, -0.25) is 9.59 Å². The van der Waals surface area contributed by atoms with E-state index in [2.05, 4.69) is 5.32 Å². The highest BCUT2D eigenvalue weighted by molar-refractivity contribution is 7.09. The molecule has 1 aromatic carbocycles. The fourth-order valence-electron chi connectivity index (χ4n) is 3.96. The average Bonchev–Trinajstić information content (AvgIpc) is 3.48. The van der Waals surface area contributed by atoms with Crippen LogP contribution in [-0.4, -0.2) is 47.6 Å². The van der Waals surface area contributed by atoms with Crippen LogP contribution in [0, 0.1) is 6.92 Å². The highest BCUT2D eigenvalue weighted by Gasteiger charge is 2.21. The summed E-state index contributed by atoms with van der Waals surface area (Å²) < 4.78 is 17.8. The Morgan fingerprint density at radius 2 is 1.84 bits per heavy atom. The number of hydrogen-bond acceptors (Lipinski definition) is 8. The number of aromatic nitrogens is 2. The number of hydrogen-bond donors (Lipinski definition) is 2. The van der Waals surface area contributed by atoms with Gasteiger partial charge in [-0.2, -0.15) is 0 Å². The van der Waals surface area contributed by atoms with Crippen LogP contribution in [0.1, 0.15) is 47.2 Å². The van der Waals surface area contributed by atoms with Gasteiger partial charge in [-0.05, 0) is 56.5 Å². The summed E-state index contributed by atoms with van der Waals surface area (Å²) in [6.45, 7) is 4.09. The largest absolute Gasteiger partial charge is 0.497 e. The first-order chi connectivity index (χ1) is 17.7. The smallest absolute Gasteiger partial charge is 0.328 e. The summed E-state index contributed by atoms with van der Waals surface area (Å²) in [5.74, 6) is 0.182. The fraction of sp³-hybridized carbons (Fsp3) is 0.385. The van der Waals surface area contributed by atoms with Crippen LogP contribution in [0.2, 0.25) is 0 Å². The second kappa shape index (κ2) is 12.9. The third-order valence-corrected chi connectivity index (χ3v) is 6.68. The summed E-state index contributed by atoms with van der Waals surface area (Å²) in [6.07, 6.45) is 1.79. The molecule has 0 aliphatic rings. The van der Waals surface area contributed by atoms with Gasteiger partial charge in [-0.15, -0.1) is 11.3 Å². The van der Waals surface area contributed by atoms with E-state index in [9.17, 15) is 14.4 Å². The van der Waals surface area contributed by atoms with Crippen LogP contribution < -0.4 is 20.5 Å². The zero-order chi connectivity index (χ0) is 26.9. The molecular weight excluding hydrogens is 496 g/mol. The lowest BCUT2D eigenvalue weighted by Gasteiger charge is -2.16. The zero-order valence-corrected chi connectivity index (χ0v) is 22.2. The molecule has 11 heteroatoms. The first-order valence-corrected chi connectivity index (χ1v) is 12.7. The summed E-state index contributed by atoms with van der Waals surface area (Å²) in [4.78, 5) is 40.1. The van der Waals surface area contributed by atoms with Gasteiger partial charge < -0.3 is 29.8 Å². The van der Waals surface area contributed by atoms with Crippen LogP contribution in [-0.2, 0) is 27.5 Å². The van der Waals surface area contributed by atoms with Gasteiger partial charge in [-0.1, -0.05) is 0 Å². The second-order valence-electron chi connectivity index (χ2n) is 8.41. The molecule has 0 aliphatic carbocycles. The monoisotopic (exact) mass is 528 g/mol. The lowest BCUT2D eigenvalue weighted by Crippen LogP contribution is -2.40. The highest BCUT2D eigenvalue weighted by atomic mass is 32.1. The van der Waals surface area contributed by atoms with E-state index in [1.165, 1.54) is 25.4 Å². The Labute approximate surface area is 219 Å². The van der Waals surface area contributed by atoms with E-state index in [-0.39, 0.29) is 5.91 Å². The minimum Gasteiger partial charge on any atom is -0.497 e. The number of nitrogens with two attached hydrogens (primary N) is 1. The van der Waals surface area contributed by atoms with E-state index < -0.39 is 17.9 Å². The number of nitrogens with one attached hydrogen (secondary N) is 1. The van der Waals surface area contributed by atoms with Crippen molar-refractivity contribution in [2.45, 2.75) is 52.3 Å². The van der Waals surface area contributed by atoms with Gasteiger partial charge in [0.05, 0.1) is 31.2 Å². The number of benzene rings is 1. The summed E-state index contributed by atoms with van der Waals surface area (Å²) in [7, 11) is 2.90. The molecule has 3 N–H and O–H groups in total. The van der Waals surface area contributed by atoms with E-state index in [0.29, 0.717) is 43.7 Å². The Balaban J connectivity index is 1.70.